The summed E-state index contributed by atoms with van der Waals surface area (Å²) in [4.78, 5) is 12.7. The molecule has 0 unspecified atom stereocenters. The highest BCUT2D eigenvalue weighted by Gasteiger charge is 2.00. The van der Waals surface area contributed by atoms with Crippen molar-refractivity contribution in [2.75, 3.05) is 5.75 Å². The zero-order valence-corrected chi connectivity index (χ0v) is 11.0. The maximum atomic E-state index is 11.4. The second-order valence-electron chi connectivity index (χ2n) is 3.47. The summed E-state index contributed by atoms with van der Waals surface area (Å²) >= 11 is 3.54. The normalized spacial score (nSPS) is 10.5. The van der Waals surface area contributed by atoms with Gasteiger partial charge in [-0.15, -0.1) is 23.1 Å². The molecule has 0 atom stereocenters. The third-order valence-electron chi connectivity index (χ3n) is 2.11. The van der Waals surface area contributed by atoms with Gasteiger partial charge in [-0.1, -0.05) is 26.7 Å². The third-order valence-corrected chi connectivity index (χ3v) is 4.31. The van der Waals surface area contributed by atoms with E-state index >= 15 is 0 Å². The quantitative estimate of drug-likeness (QED) is 0.555. The van der Waals surface area contributed by atoms with Gasteiger partial charge in [0.05, 0.1) is 4.21 Å². The molecule has 0 fully saturated rings. The average molecular weight is 242 g/mol. The van der Waals surface area contributed by atoms with Gasteiger partial charge in [0.15, 0.2) is 5.43 Å². The largest absolute Gasteiger partial charge is 0.290 e. The van der Waals surface area contributed by atoms with Crippen LogP contribution in [0.15, 0.2) is 21.1 Å². The van der Waals surface area contributed by atoms with E-state index in [2.05, 4.69) is 13.8 Å². The summed E-state index contributed by atoms with van der Waals surface area (Å²) in [5.41, 5.74) is 0.163. The Hall–Kier alpha value is -0.280. The second-order valence-corrected chi connectivity index (χ2v) is 6.20. The van der Waals surface area contributed by atoms with E-state index in [0.717, 1.165) is 16.4 Å². The van der Waals surface area contributed by atoms with Gasteiger partial charge in [-0.25, -0.2) is 0 Å². The van der Waals surface area contributed by atoms with Crippen LogP contribution in [0.2, 0.25) is 0 Å². The molecule has 0 amide bonds. The van der Waals surface area contributed by atoms with Crippen LogP contribution in [0.25, 0.3) is 0 Å². The molecule has 84 valence electrons. The predicted octanol–water partition coefficient (Wildman–Crippen LogP) is 3.95. The summed E-state index contributed by atoms with van der Waals surface area (Å²) in [6.45, 7) is 4.32. The first-order valence-electron chi connectivity index (χ1n) is 5.53. The van der Waals surface area contributed by atoms with Crippen LogP contribution in [0.1, 0.15) is 38.0 Å². The SMILES string of the molecule is CCCCCc1cc(=O)cc(SCC)s1. The lowest BCUT2D eigenvalue weighted by atomic mass is 10.2. The van der Waals surface area contributed by atoms with Gasteiger partial charge in [-0.3, -0.25) is 4.79 Å². The van der Waals surface area contributed by atoms with Gasteiger partial charge in [-0.05, 0) is 24.7 Å². The number of hydrogen-bond acceptors (Lipinski definition) is 3. The molecule has 1 aromatic heterocycles. The van der Waals surface area contributed by atoms with Gasteiger partial charge < -0.3 is 0 Å². The summed E-state index contributed by atoms with van der Waals surface area (Å²) in [6.07, 6.45) is 4.75. The molecular formula is C12H18OS2. The monoisotopic (exact) mass is 242 g/mol. The molecule has 1 rings (SSSR count). The van der Waals surface area contributed by atoms with Gasteiger partial charge in [0.25, 0.3) is 0 Å². The molecule has 0 radical (unpaired) electrons. The fourth-order valence-corrected chi connectivity index (χ4v) is 3.64. The van der Waals surface area contributed by atoms with E-state index in [-0.39, 0.29) is 5.43 Å². The van der Waals surface area contributed by atoms with E-state index < -0.39 is 0 Å². The first-order chi connectivity index (χ1) is 7.26. The number of thioether (sulfide) groups is 1. The van der Waals surface area contributed by atoms with Crippen LogP contribution in [-0.4, -0.2) is 5.75 Å². The summed E-state index contributed by atoms with van der Waals surface area (Å²) in [6, 6.07) is 3.54. The maximum Gasteiger partial charge on any atom is 0.181 e. The van der Waals surface area contributed by atoms with E-state index in [1.54, 1.807) is 35.2 Å². The van der Waals surface area contributed by atoms with Crippen LogP contribution in [0.3, 0.4) is 0 Å². The fraction of sp³-hybridized carbons (Fsp3) is 0.583. The first kappa shape index (κ1) is 12.8. The van der Waals surface area contributed by atoms with Crippen LogP contribution < -0.4 is 5.43 Å². The zero-order chi connectivity index (χ0) is 11.1. The van der Waals surface area contributed by atoms with Crippen molar-refractivity contribution in [1.29, 1.82) is 0 Å². The Morgan fingerprint density at radius 3 is 2.73 bits per heavy atom. The van der Waals surface area contributed by atoms with Crippen molar-refractivity contribution >= 4 is 23.1 Å². The van der Waals surface area contributed by atoms with Gasteiger partial charge in [0.2, 0.25) is 0 Å². The third kappa shape index (κ3) is 4.85. The van der Waals surface area contributed by atoms with Crippen LogP contribution >= 0.6 is 23.1 Å². The fourth-order valence-electron chi connectivity index (χ4n) is 1.39. The van der Waals surface area contributed by atoms with Crippen molar-refractivity contribution in [2.45, 2.75) is 43.7 Å². The lowest BCUT2D eigenvalue weighted by Gasteiger charge is -2.02. The topological polar surface area (TPSA) is 17.1 Å². The van der Waals surface area contributed by atoms with Crippen molar-refractivity contribution in [2.24, 2.45) is 0 Å². The molecule has 0 aliphatic rings. The van der Waals surface area contributed by atoms with Crippen LogP contribution in [0, 0.1) is 0 Å². The lowest BCUT2D eigenvalue weighted by molar-refractivity contribution is 0.722. The highest BCUT2D eigenvalue weighted by Crippen LogP contribution is 2.24. The highest BCUT2D eigenvalue weighted by atomic mass is 32.2. The minimum Gasteiger partial charge on any atom is -0.290 e. The number of rotatable bonds is 6. The lowest BCUT2D eigenvalue weighted by Crippen LogP contribution is -1.98. The standard InChI is InChI=1S/C12H18OS2/c1-3-5-6-7-11-8-10(13)9-12(15-11)14-4-2/h8-9H,3-7H2,1-2H3. The van der Waals surface area contributed by atoms with Crippen molar-refractivity contribution in [3.05, 3.63) is 27.2 Å². The summed E-state index contributed by atoms with van der Waals surface area (Å²) in [5.74, 6) is 1.04. The Kier molecular flexibility index (Phi) is 6.03. The molecule has 0 spiro atoms. The number of aryl methyl sites for hydroxylation is 1. The Morgan fingerprint density at radius 1 is 1.27 bits per heavy atom. The number of unbranched alkanes of at least 4 members (excludes halogenated alkanes) is 2. The highest BCUT2D eigenvalue weighted by molar-refractivity contribution is 8.01. The average Bonchev–Trinajstić information content (AvgIpc) is 2.18. The molecule has 0 bridgehead atoms. The van der Waals surface area contributed by atoms with Crippen LogP contribution in [0.4, 0.5) is 0 Å². The van der Waals surface area contributed by atoms with Crippen molar-refractivity contribution in [3.8, 4) is 0 Å². The Bertz CT molecular complexity index is 344. The van der Waals surface area contributed by atoms with E-state index in [0.29, 0.717) is 0 Å². The summed E-state index contributed by atoms with van der Waals surface area (Å²) in [5, 5.41) is 0. The first-order valence-corrected chi connectivity index (χ1v) is 7.33. The molecule has 0 aromatic carbocycles. The molecular weight excluding hydrogens is 224 g/mol. The van der Waals surface area contributed by atoms with Crippen molar-refractivity contribution in [3.63, 3.8) is 0 Å². The Labute approximate surface area is 99.9 Å². The molecule has 1 heterocycles. The summed E-state index contributed by atoms with van der Waals surface area (Å²) < 4.78 is 1.16. The van der Waals surface area contributed by atoms with Crippen LogP contribution in [0.5, 0.6) is 0 Å². The smallest absolute Gasteiger partial charge is 0.181 e. The van der Waals surface area contributed by atoms with E-state index in [1.807, 2.05) is 0 Å². The van der Waals surface area contributed by atoms with Gasteiger partial charge in [-0.2, -0.15) is 0 Å². The molecule has 0 N–H and O–H groups in total. The number of hydrogen-bond donors (Lipinski definition) is 0. The molecule has 3 heteroatoms. The molecule has 15 heavy (non-hydrogen) atoms. The predicted molar refractivity (Wildman–Crippen MR) is 70.2 cm³/mol. The van der Waals surface area contributed by atoms with Crippen LogP contribution in [-0.2, 0) is 6.42 Å². The van der Waals surface area contributed by atoms with Gasteiger partial charge in [0.1, 0.15) is 0 Å². The molecule has 0 aliphatic heterocycles. The molecule has 1 nitrogen and oxygen atoms in total. The minimum absolute atomic E-state index is 0.163. The second kappa shape index (κ2) is 7.07. The zero-order valence-electron chi connectivity index (χ0n) is 9.41. The summed E-state index contributed by atoms with van der Waals surface area (Å²) in [7, 11) is 0. The van der Waals surface area contributed by atoms with E-state index in [4.69, 9.17) is 0 Å². The van der Waals surface area contributed by atoms with E-state index in [1.165, 1.54) is 24.1 Å². The van der Waals surface area contributed by atoms with Gasteiger partial charge in [0, 0.05) is 10.9 Å². The van der Waals surface area contributed by atoms with Crippen molar-refractivity contribution in [1.82, 2.24) is 0 Å². The maximum absolute atomic E-state index is 11.4. The Morgan fingerprint density at radius 2 is 2.07 bits per heavy atom. The Balaban J connectivity index is 2.66. The molecule has 0 saturated carbocycles. The van der Waals surface area contributed by atoms with E-state index in [9.17, 15) is 4.79 Å². The minimum atomic E-state index is 0.163. The van der Waals surface area contributed by atoms with Crippen molar-refractivity contribution < 1.29 is 0 Å². The molecule has 0 aliphatic carbocycles. The molecule has 1 aromatic rings. The van der Waals surface area contributed by atoms with Gasteiger partial charge >= 0.3 is 0 Å². The molecule has 0 saturated heterocycles.